The van der Waals surface area contributed by atoms with E-state index < -0.39 is 26.0 Å². The molecule has 0 saturated carbocycles. The SMILES string of the molecule is Cc1ccc(NS(=O)(=O)c2cc(C(=O)Nc3ccc(S(=O)(=O)N4CCCCC4)cc3)ccc2C)cc1. The maximum absolute atomic E-state index is 13.0. The molecule has 0 bridgehead atoms. The van der Waals surface area contributed by atoms with E-state index in [-0.39, 0.29) is 15.4 Å². The summed E-state index contributed by atoms with van der Waals surface area (Å²) >= 11 is 0. The van der Waals surface area contributed by atoms with Crippen LogP contribution in [0.3, 0.4) is 0 Å². The van der Waals surface area contributed by atoms with Crippen LogP contribution in [-0.4, -0.2) is 40.1 Å². The molecule has 0 aliphatic carbocycles. The summed E-state index contributed by atoms with van der Waals surface area (Å²) in [6.07, 6.45) is 2.73. The third kappa shape index (κ3) is 5.77. The molecule has 0 unspecified atom stereocenters. The van der Waals surface area contributed by atoms with Crippen LogP contribution in [0.15, 0.2) is 76.5 Å². The topological polar surface area (TPSA) is 113 Å². The first-order chi connectivity index (χ1) is 17.1. The third-order valence-corrected chi connectivity index (χ3v) is 9.54. The van der Waals surface area contributed by atoms with Crippen molar-refractivity contribution >= 4 is 37.3 Å². The van der Waals surface area contributed by atoms with Gasteiger partial charge in [0.1, 0.15) is 0 Å². The van der Waals surface area contributed by atoms with Gasteiger partial charge in [0.05, 0.1) is 9.79 Å². The maximum atomic E-state index is 13.0. The van der Waals surface area contributed by atoms with Crippen LogP contribution < -0.4 is 10.0 Å². The van der Waals surface area contributed by atoms with Gasteiger partial charge in [-0.1, -0.05) is 30.2 Å². The lowest BCUT2D eigenvalue weighted by Gasteiger charge is -2.25. The molecule has 1 saturated heterocycles. The number of carbonyl (C=O) groups is 1. The van der Waals surface area contributed by atoms with Crippen LogP contribution in [0, 0.1) is 13.8 Å². The highest BCUT2D eigenvalue weighted by Gasteiger charge is 2.26. The highest BCUT2D eigenvalue weighted by atomic mass is 32.2. The zero-order valence-electron chi connectivity index (χ0n) is 20.2. The zero-order valence-corrected chi connectivity index (χ0v) is 21.8. The van der Waals surface area contributed by atoms with Gasteiger partial charge in [0.2, 0.25) is 10.0 Å². The molecule has 8 nitrogen and oxygen atoms in total. The molecule has 1 amide bonds. The van der Waals surface area contributed by atoms with Crippen molar-refractivity contribution in [3.63, 3.8) is 0 Å². The minimum Gasteiger partial charge on any atom is -0.322 e. The number of rotatable bonds is 7. The second kappa shape index (κ2) is 10.4. The fourth-order valence-electron chi connectivity index (χ4n) is 4.03. The summed E-state index contributed by atoms with van der Waals surface area (Å²) in [5, 5.41) is 2.71. The fraction of sp³-hybridized carbons (Fsp3) is 0.269. The van der Waals surface area contributed by atoms with Crippen molar-refractivity contribution in [1.29, 1.82) is 0 Å². The molecule has 4 rings (SSSR count). The van der Waals surface area contributed by atoms with Gasteiger partial charge in [-0.25, -0.2) is 16.8 Å². The lowest BCUT2D eigenvalue weighted by molar-refractivity contribution is 0.102. The Morgan fingerprint density at radius 3 is 2.03 bits per heavy atom. The van der Waals surface area contributed by atoms with Crippen LogP contribution in [0.25, 0.3) is 0 Å². The lowest BCUT2D eigenvalue weighted by atomic mass is 10.1. The summed E-state index contributed by atoms with van der Waals surface area (Å²) in [6.45, 7) is 4.59. The van der Waals surface area contributed by atoms with Crippen molar-refractivity contribution in [3.8, 4) is 0 Å². The predicted octanol–water partition coefficient (Wildman–Crippen LogP) is 4.53. The van der Waals surface area contributed by atoms with Gasteiger partial charge in [-0.15, -0.1) is 0 Å². The molecule has 1 heterocycles. The van der Waals surface area contributed by atoms with Crippen molar-refractivity contribution in [2.24, 2.45) is 0 Å². The van der Waals surface area contributed by atoms with Gasteiger partial charge in [0.25, 0.3) is 15.9 Å². The smallest absolute Gasteiger partial charge is 0.262 e. The van der Waals surface area contributed by atoms with Gasteiger partial charge >= 0.3 is 0 Å². The van der Waals surface area contributed by atoms with E-state index >= 15 is 0 Å². The fourth-order valence-corrected chi connectivity index (χ4v) is 6.88. The van der Waals surface area contributed by atoms with Crippen LogP contribution in [0.4, 0.5) is 11.4 Å². The van der Waals surface area contributed by atoms with Crippen LogP contribution in [-0.2, 0) is 20.0 Å². The molecule has 190 valence electrons. The molecule has 10 heteroatoms. The van der Waals surface area contributed by atoms with E-state index in [2.05, 4.69) is 10.0 Å². The van der Waals surface area contributed by atoms with E-state index in [9.17, 15) is 21.6 Å². The molecule has 3 aromatic rings. The molecule has 3 aromatic carbocycles. The van der Waals surface area contributed by atoms with Crippen molar-refractivity contribution in [2.45, 2.75) is 42.9 Å². The van der Waals surface area contributed by atoms with E-state index in [0.717, 1.165) is 24.8 Å². The first kappa shape index (κ1) is 25.9. The predicted molar refractivity (Wildman–Crippen MR) is 140 cm³/mol. The third-order valence-electron chi connectivity index (χ3n) is 6.11. The minimum absolute atomic E-state index is 0.00121. The summed E-state index contributed by atoms with van der Waals surface area (Å²) < 4.78 is 55.7. The second-order valence-electron chi connectivity index (χ2n) is 8.90. The maximum Gasteiger partial charge on any atom is 0.262 e. The summed E-state index contributed by atoms with van der Waals surface area (Å²) in [5.41, 5.74) is 2.49. The van der Waals surface area contributed by atoms with Crippen LogP contribution in [0.1, 0.15) is 40.7 Å². The quantitative estimate of drug-likeness (QED) is 0.469. The molecule has 36 heavy (non-hydrogen) atoms. The highest BCUT2D eigenvalue weighted by Crippen LogP contribution is 2.24. The molecular weight excluding hydrogens is 498 g/mol. The molecule has 1 aliphatic rings. The van der Waals surface area contributed by atoms with Gasteiger partial charge in [0, 0.05) is 30.0 Å². The second-order valence-corrected chi connectivity index (χ2v) is 12.5. The van der Waals surface area contributed by atoms with Crippen LogP contribution in [0.5, 0.6) is 0 Å². The summed E-state index contributed by atoms with van der Waals surface area (Å²) in [7, 11) is -7.49. The number of anilines is 2. The first-order valence-corrected chi connectivity index (χ1v) is 14.6. The largest absolute Gasteiger partial charge is 0.322 e. The van der Waals surface area contributed by atoms with Gasteiger partial charge in [-0.3, -0.25) is 9.52 Å². The van der Waals surface area contributed by atoms with Crippen molar-refractivity contribution < 1.29 is 21.6 Å². The number of nitrogens with one attached hydrogen (secondary N) is 2. The van der Waals surface area contributed by atoms with Gasteiger partial charge in [-0.2, -0.15) is 4.31 Å². The number of nitrogens with zero attached hydrogens (tertiary/aromatic N) is 1. The van der Waals surface area contributed by atoms with Crippen LogP contribution >= 0.6 is 0 Å². The van der Waals surface area contributed by atoms with E-state index in [1.54, 1.807) is 43.3 Å². The lowest BCUT2D eigenvalue weighted by Crippen LogP contribution is -2.35. The summed E-state index contributed by atoms with van der Waals surface area (Å²) in [4.78, 5) is 13.0. The van der Waals surface area contributed by atoms with Gasteiger partial charge < -0.3 is 5.32 Å². The normalized spacial score (nSPS) is 14.8. The molecule has 0 aromatic heterocycles. The number of sulfonamides is 2. The Hall–Kier alpha value is -3.21. The number of hydrogen-bond donors (Lipinski definition) is 2. The summed E-state index contributed by atoms with van der Waals surface area (Å²) in [6, 6.07) is 17.4. The molecule has 0 radical (unpaired) electrons. The van der Waals surface area contributed by atoms with Crippen molar-refractivity contribution in [2.75, 3.05) is 23.1 Å². The Labute approximate surface area is 212 Å². The molecule has 2 N–H and O–H groups in total. The number of carbonyl (C=O) groups excluding carboxylic acids is 1. The number of aryl methyl sites for hydroxylation is 2. The Morgan fingerprint density at radius 2 is 1.39 bits per heavy atom. The standard InChI is InChI=1S/C26H29N3O5S2/c1-19-6-10-23(11-7-19)28-35(31,32)25-18-21(9-8-20(25)2)26(30)27-22-12-14-24(15-13-22)36(33,34)29-16-4-3-5-17-29/h6-15,18,28H,3-5,16-17H2,1-2H3,(H,27,30). The Kier molecular flexibility index (Phi) is 7.49. The molecule has 0 spiro atoms. The highest BCUT2D eigenvalue weighted by molar-refractivity contribution is 7.92. The van der Waals surface area contributed by atoms with E-state index in [1.165, 1.54) is 34.6 Å². The number of piperidine rings is 1. The summed E-state index contributed by atoms with van der Waals surface area (Å²) in [5.74, 6) is -0.506. The zero-order chi connectivity index (χ0) is 25.9. The van der Waals surface area contributed by atoms with Crippen molar-refractivity contribution in [1.82, 2.24) is 4.31 Å². The van der Waals surface area contributed by atoms with Gasteiger partial charge in [-0.05, 0) is 80.8 Å². The van der Waals surface area contributed by atoms with Gasteiger partial charge in [0.15, 0.2) is 0 Å². The van der Waals surface area contributed by atoms with E-state index in [4.69, 9.17) is 0 Å². The Balaban J connectivity index is 1.50. The average molecular weight is 528 g/mol. The molecule has 0 atom stereocenters. The minimum atomic E-state index is -3.92. The number of hydrogen-bond acceptors (Lipinski definition) is 5. The van der Waals surface area contributed by atoms with E-state index in [0.29, 0.717) is 30.0 Å². The molecular formula is C26H29N3O5S2. The molecule has 1 fully saturated rings. The Morgan fingerprint density at radius 1 is 0.778 bits per heavy atom. The van der Waals surface area contributed by atoms with E-state index in [1.807, 2.05) is 6.92 Å². The Bertz CT molecular complexity index is 1460. The first-order valence-electron chi connectivity index (χ1n) is 11.7. The van der Waals surface area contributed by atoms with Crippen molar-refractivity contribution in [3.05, 3.63) is 83.4 Å². The number of benzene rings is 3. The number of amides is 1. The average Bonchev–Trinajstić information content (AvgIpc) is 2.86. The van der Waals surface area contributed by atoms with Crippen LogP contribution in [0.2, 0.25) is 0 Å². The monoisotopic (exact) mass is 527 g/mol. The molecule has 1 aliphatic heterocycles.